The van der Waals surface area contributed by atoms with E-state index >= 15 is 0 Å². The molecule has 5 heteroatoms. The molecule has 114 valence electrons. The molecular formula is C18H14N2O2S. The Morgan fingerprint density at radius 3 is 2.83 bits per heavy atom. The number of aromatic amines is 1. The second-order valence-electron chi connectivity index (χ2n) is 5.66. The monoisotopic (exact) mass is 322 g/mol. The van der Waals surface area contributed by atoms with Gasteiger partial charge in [0.1, 0.15) is 16.0 Å². The first kappa shape index (κ1) is 14.0. The highest BCUT2D eigenvalue weighted by Gasteiger charge is 2.28. The summed E-state index contributed by atoms with van der Waals surface area (Å²) in [7, 11) is 1.99. The molecule has 2 aromatic heterocycles. The summed E-state index contributed by atoms with van der Waals surface area (Å²) in [6, 6.07) is 12.1. The Hall–Kier alpha value is -2.66. The van der Waals surface area contributed by atoms with E-state index in [0.717, 1.165) is 27.9 Å². The molecule has 0 atom stereocenters. The Morgan fingerprint density at radius 2 is 2.04 bits per heavy atom. The van der Waals surface area contributed by atoms with Gasteiger partial charge in [-0.3, -0.25) is 0 Å². The summed E-state index contributed by atoms with van der Waals surface area (Å²) >= 11 is 5.25. The van der Waals surface area contributed by atoms with E-state index in [0.29, 0.717) is 16.0 Å². The highest BCUT2D eigenvalue weighted by Crippen LogP contribution is 2.33. The molecule has 4 nitrogen and oxygen atoms in total. The number of rotatable bonds is 1. The lowest BCUT2D eigenvalue weighted by atomic mass is 10.1. The van der Waals surface area contributed by atoms with Crippen molar-refractivity contribution in [2.24, 2.45) is 7.05 Å². The minimum absolute atomic E-state index is 0.397. The molecule has 0 amide bonds. The second kappa shape index (κ2) is 4.93. The highest BCUT2D eigenvalue weighted by molar-refractivity contribution is 7.71. The molecule has 4 rings (SSSR count). The number of ether oxygens (including phenoxy) is 1. The smallest absolute Gasteiger partial charge is 0.347 e. The number of nitrogens with one attached hydrogen (secondary N) is 1. The van der Waals surface area contributed by atoms with Gasteiger partial charge < -0.3 is 14.3 Å². The standard InChI is InChI=1S/C18H14N2O2S/c1-10-7-13-15(22-18(21)16(13)17(23)19-10)9-12-8-11-5-3-4-6-14(11)20(12)2/h3-9H,1-2H3,(H,19,23)/b15-9-. The molecule has 0 radical (unpaired) electrons. The molecule has 0 saturated heterocycles. The van der Waals surface area contributed by atoms with Crippen LogP contribution in [0.5, 0.6) is 0 Å². The Morgan fingerprint density at radius 1 is 1.26 bits per heavy atom. The molecule has 0 unspecified atom stereocenters. The van der Waals surface area contributed by atoms with Crippen molar-refractivity contribution in [1.29, 1.82) is 0 Å². The Kier molecular flexibility index (Phi) is 2.99. The van der Waals surface area contributed by atoms with Gasteiger partial charge in [-0.15, -0.1) is 0 Å². The van der Waals surface area contributed by atoms with Gasteiger partial charge in [-0.1, -0.05) is 30.4 Å². The number of aromatic nitrogens is 2. The molecule has 0 bridgehead atoms. The van der Waals surface area contributed by atoms with Crippen LogP contribution in [0.1, 0.15) is 27.3 Å². The van der Waals surface area contributed by atoms with E-state index in [2.05, 4.69) is 27.8 Å². The number of cyclic esters (lactones) is 1. The van der Waals surface area contributed by atoms with Crippen molar-refractivity contribution in [1.82, 2.24) is 9.55 Å². The zero-order valence-electron chi connectivity index (χ0n) is 12.7. The van der Waals surface area contributed by atoms with Gasteiger partial charge in [0.15, 0.2) is 0 Å². The number of hydrogen-bond donors (Lipinski definition) is 1. The van der Waals surface area contributed by atoms with Crippen molar-refractivity contribution in [3.8, 4) is 0 Å². The van der Waals surface area contributed by atoms with Gasteiger partial charge in [0, 0.05) is 41.0 Å². The Bertz CT molecular complexity index is 1060. The molecule has 0 spiro atoms. The van der Waals surface area contributed by atoms with E-state index < -0.39 is 5.97 Å². The maximum Gasteiger partial charge on any atom is 0.347 e. The van der Waals surface area contributed by atoms with E-state index in [-0.39, 0.29) is 0 Å². The second-order valence-corrected chi connectivity index (χ2v) is 6.06. The number of esters is 1. The number of para-hydroxylation sites is 1. The molecule has 3 heterocycles. The van der Waals surface area contributed by atoms with Crippen molar-refractivity contribution >= 4 is 40.9 Å². The molecule has 0 saturated carbocycles. The number of nitrogens with zero attached hydrogens (tertiary/aromatic N) is 1. The number of benzene rings is 1. The molecule has 0 aliphatic carbocycles. The lowest BCUT2D eigenvalue weighted by Gasteiger charge is -2.02. The number of carbonyl (C=O) groups excluding carboxylic acids is 1. The maximum atomic E-state index is 12.1. The molecule has 1 aliphatic rings. The summed E-state index contributed by atoms with van der Waals surface area (Å²) in [5.74, 6) is 0.144. The van der Waals surface area contributed by atoms with Crippen LogP contribution in [-0.4, -0.2) is 15.5 Å². The first-order valence-corrected chi connectivity index (χ1v) is 7.68. The summed E-state index contributed by atoms with van der Waals surface area (Å²) in [6.45, 7) is 1.91. The highest BCUT2D eigenvalue weighted by atomic mass is 32.1. The van der Waals surface area contributed by atoms with Crippen molar-refractivity contribution in [2.75, 3.05) is 0 Å². The average molecular weight is 322 g/mol. The fraction of sp³-hybridized carbons (Fsp3) is 0.111. The zero-order chi connectivity index (χ0) is 16.1. The van der Waals surface area contributed by atoms with Crippen molar-refractivity contribution in [3.05, 3.63) is 63.6 Å². The number of fused-ring (bicyclic) bond motifs is 2. The quantitative estimate of drug-likeness (QED) is 0.539. The largest absolute Gasteiger partial charge is 0.422 e. The molecular weight excluding hydrogens is 308 g/mol. The fourth-order valence-corrected chi connectivity index (χ4v) is 3.34. The van der Waals surface area contributed by atoms with Gasteiger partial charge in [0.2, 0.25) is 0 Å². The lowest BCUT2D eigenvalue weighted by molar-refractivity contribution is 0.0716. The lowest BCUT2D eigenvalue weighted by Crippen LogP contribution is -1.97. The van der Waals surface area contributed by atoms with Crippen molar-refractivity contribution in [2.45, 2.75) is 6.92 Å². The van der Waals surface area contributed by atoms with E-state index in [1.165, 1.54) is 0 Å². The third kappa shape index (κ3) is 2.12. The van der Waals surface area contributed by atoms with Crippen LogP contribution in [-0.2, 0) is 11.8 Å². The summed E-state index contributed by atoms with van der Waals surface area (Å²) in [5.41, 5.74) is 4.19. The zero-order valence-corrected chi connectivity index (χ0v) is 13.5. The SMILES string of the molecule is Cc1cc2c(c(=S)[nH]1)C(=O)O/C2=C\c1cc2ccccc2n1C. The van der Waals surface area contributed by atoms with Crippen LogP contribution in [0.15, 0.2) is 36.4 Å². The van der Waals surface area contributed by atoms with Gasteiger partial charge in [-0.2, -0.15) is 0 Å². The predicted octanol–water partition coefficient (Wildman–Crippen LogP) is 4.21. The maximum absolute atomic E-state index is 12.1. The summed E-state index contributed by atoms with van der Waals surface area (Å²) in [5, 5.41) is 1.15. The minimum atomic E-state index is -0.397. The number of pyridine rings is 1. The Labute approximate surface area is 138 Å². The van der Waals surface area contributed by atoms with Gasteiger partial charge in [0.25, 0.3) is 0 Å². The third-order valence-electron chi connectivity index (χ3n) is 4.11. The molecule has 1 aromatic carbocycles. The van der Waals surface area contributed by atoms with Crippen LogP contribution in [0.3, 0.4) is 0 Å². The van der Waals surface area contributed by atoms with E-state index in [9.17, 15) is 4.79 Å². The van der Waals surface area contributed by atoms with Crippen LogP contribution in [0.2, 0.25) is 0 Å². The van der Waals surface area contributed by atoms with Crippen molar-refractivity contribution < 1.29 is 9.53 Å². The summed E-state index contributed by atoms with van der Waals surface area (Å²) in [4.78, 5) is 15.1. The predicted molar refractivity (Wildman–Crippen MR) is 92.6 cm³/mol. The average Bonchev–Trinajstić information content (AvgIpc) is 2.98. The molecule has 23 heavy (non-hydrogen) atoms. The van der Waals surface area contributed by atoms with E-state index in [4.69, 9.17) is 17.0 Å². The third-order valence-corrected chi connectivity index (χ3v) is 4.41. The van der Waals surface area contributed by atoms with Crippen LogP contribution >= 0.6 is 12.2 Å². The van der Waals surface area contributed by atoms with E-state index in [1.54, 1.807) is 0 Å². The number of carbonyl (C=O) groups is 1. The van der Waals surface area contributed by atoms with Gasteiger partial charge in [-0.05, 0) is 25.1 Å². The van der Waals surface area contributed by atoms with Crippen LogP contribution in [0.25, 0.3) is 22.7 Å². The first-order chi connectivity index (χ1) is 11.0. The van der Waals surface area contributed by atoms with Gasteiger partial charge >= 0.3 is 5.97 Å². The van der Waals surface area contributed by atoms with Gasteiger partial charge in [0.05, 0.1) is 0 Å². The topological polar surface area (TPSA) is 47.0 Å². The fourth-order valence-electron chi connectivity index (χ4n) is 2.98. The van der Waals surface area contributed by atoms with Crippen molar-refractivity contribution in [3.63, 3.8) is 0 Å². The first-order valence-electron chi connectivity index (χ1n) is 7.27. The van der Waals surface area contributed by atoms with E-state index in [1.807, 2.05) is 38.2 Å². The Balaban J connectivity index is 1.92. The normalized spacial score (nSPS) is 15.2. The van der Waals surface area contributed by atoms with Crippen LogP contribution in [0.4, 0.5) is 0 Å². The summed E-state index contributed by atoms with van der Waals surface area (Å²) < 4.78 is 7.94. The minimum Gasteiger partial charge on any atom is -0.422 e. The van der Waals surface area contributed by atoms with Crippen LogP contribution < -0.4 is 0 Å². The molecule has 1 aliphatic heterocycles. The number of H-pyrrole nitrogens is 1. The number of hydrogen-bond acceptors (Lipinski definition) is 3. The summed E-state index contributed by atoms with van der Waals surface area (Å²) in [6.07, 6.45) is 1.89. The molecule has 0 fully saturated rings. The van der Waals surface area contributed by atoms with Gasteiger partial charge in [-0.25, -0.2) is 4.79 Å². The number of aryl methyl sites for hydroxylation is 2. The molecule has 1 N–H and O–H groups in total. The molecule has 3 aromatic rings. The van der Waals surface area contributed by atoms with Crippen LogP contribution in [0, 0.1) is 11.6 Å².